The number of benzene rings is 2. The average molecular weight is 522 g/mol. The Bertz CT molecular complexity index is 1410. The fourth-order valence-corrected chi connectivity index (χ4v) is 6.06. The Kier molecular flexibility index (Phi) is 5.84. The van der Waals surface area contributed by atoms with Crippen LogP contribution in [0.4, 0.5) is 27.5 Å². The van der Waals surface area contributed by atoms with Gasteiger partial charge in [-0.25, -0.2) is 9.37 Å². The van der Waals surface area contributed by atoms with Crippen LogP contribution in [0.3, 0.4) is 0 Å². The standard InChI is InChI=1S/C28H29ClFN5O2/c1-28(12-25(36)37)15-35(24-6-5-18(30)10-22(24)28)26-23(29)13-31-27(33-26)32-19-9-17-14-34(2)8-7-20(17)21(11-19)16-3-4-16/h5-6,9-11,13,16H,3-4,7-8,12,14-15H2,1-2H3,(H,36,37)(H,31,32,33). The number of aromatic nitrogens is 2. The molecule has 1 aromatic heterocycles. The van der Waals surface area contributed by atoms with Gasteiger partial charge in [-0.05, 0) is 84.8 Å². The van der Waals surface area contributed by atoms with Crippen molar-refractivity contribution in [1.82, 2.24) is 14.9 Å². The quantitative estimate of drug-likeness (QED) is 0.426. The summed E-state index contributed by atoms with van der Waals surface area (Å²) in [6.45, 7) is 4.13. The molecular weight excluding hydrogens is 493 g/mol. The molecule has 7 nitrogen and oxygen atoms in total. The number of nitrogens with one attached hydrogen (secondary N) is 1. The Morgan fingerprint density at radius 1 is 1.30 bits per heavy atom. The number of halogens is 2. The Balaban J connectivity index is 1.35. The highest BCUT2D eigenvalue weighted by Gasteiger charge is 2.42. The molecule has 1 aliphatic carbocycles. The van der Waals surface area contributed by atoms with Crippen LogP contribution in [0.1, 0.15) is 54.4 Å². The van der Waals surface area contributed by atoms with Crippen molar-refractivity contribution in [3.8, 4) is 0 Å². The number of carboxylic acids is 1. The van der Waals surface area contributed by atoms with Gasteiger partial charge >= 0.3 is 5.97 Å². The number of carboxylic acid groups (broad SMARTS) is 1. The molecule has 2 aliphatic heterocycles. The van der Waals surface area contributed by atoms with Gasteiger partial charge in [0.25, 0.3) is 0 Å². The molecule has 2 N–H and O–H groups in total. The van der Waals surface area contributed by atoms with E-state index in [2.05, 4.69) is 34.4 Å². The van der Waals surface area contributed by atoms with Crippen LogP contribution < -0.4 is 10.2 Å². The van der Waals surface area contributed by atoms with Gasteiger partial charge in [0.05, 0.1) is 12.6 Å². The van der Waals surface area contributed by atoms with E-state index in [0.29, 0.717) is 40.5 Å². The molecular formula is C28H29ClFN5O2. The zero-order valence-corrected chi connectivity index (χ0v) is 21.6. The fraction of sp³-hybridized carbons (Fsp3) is 0.393. The molecule has 0 radical (unpaired) electrons. The van der Waals surface area contributed by atoms with Crippen LogP contribution in [0.15, 0.2) is 36.5 Å². The minimum absolute atomic E-state index is 0.138. The number of aliphatic carboxylic acids is 1. The summed E-state index contributed by atoms with van der Waals surface area (Å²) in [5, 5.41) is 13.3. The number of anilines is 4. The maximum atomic E-state index is 14.2. The summed E-state index contributed by atoms with van der Waals surface area (Å²) in [5.41, 5.74) is 5.74. The summed E-state index contributed by atoms with van der Waals surface area (Å²) in [4.78, 5) is 25.0. The van der Waals surface area contributed by atoms with E-state index >= 15 is 0 Å². The van der Waals surface area contributed by atoms with Crippen molar-refractivity contribution in [3.05, 3.63) is 69.6 Å². The lowest BCUT2D eigenvalue weighted by molar-refractivity contribution is -0.138. The zero-order chi connectivity index (χ0) is 25.9. The molecule has 0 saturated heterocycles. The molecule has 9 heteroatoms. The van der Waals surface area contributed by atoms with Crippen molar-refractivity contribution in [2.75, 3.05) is 30.4 Å². The van der Waals surface area contributed by atoms with E-state index in [1.165, 1.54) is 41.7 Å². The van der Waals surface area contributed by atoms with Crippen LogP contribution in [-0.4, -0.2) is 46.1 Å². The minimum atomic E-state index is -0.944. The van der Waals surface area contributed by atoms with Crippen LogP contribution in [0.2, 0.25) is 5.02 Å². The summed E-state index contributed by atoms with van der Waals surface area (Å²) in [5.74, 6) is 0.147. The number of hydrogen-bond acceptors (Lipinski definition) is 6. The third-order valence-electron chi connectivity index (χ3n) is 7.76. The molecule has 1 unspecified atom stereocenters. The van der Waals surface area contributed by atoms with E-state index in [-0.39, 0.29) is 6.42 Å². The van der Waals surface area contributed by atoms with Gasteiger partial charge in [-0.1, -0.05) is 18.5 Å². The Labute approximate surface area is 220 Å². The normalized spacial score (nSPS) is 21.0. The van der Waals surface area contributed by atoms with Gasteiger partial charge in [-0.3, -0.25) is 4.79 Å². The Hall–Kier alpha value is -3.23. The van der Waals surface area contributed by atoms with Gasteiger partial charge in [0.1, 0.15) is 10.8 Å². The smallest absolute Gasteiger partial charge is 0.304 e. The maximum absolute atomic E-state index is 14.2. The summed E-state index contributed by atoms with van der Waals surface area (Å²) >= 11 is 6.57. The van der Waals surface area contributed by atoms with Gasteiger partial charge in [0.2, 0.25) is 5.95 Å². The van der Waals surface area contributed by atoms with E-state index in [4.69, 9.17) is 16.6 Å². The van der Waals surface area contributed by atoms with Crippen molar-refractivity contribution in [2.45, 2.75) is 50.5 Å². The van der Waals surface area contributed by atoms with E-state index in [9.17, 15) is 14.3 Å². The minimum Gasteiger partial charge on any atom is -0.481 e. The lowest BCUT2D eigenvalue weighted by Crippen LogP contribution is -2.31. The number of rotatable bonds is 6. The molecule has 1 saturated carbocycles. The van der Waals surface area contributed by atoms with Crippen molar-refractivity contribution in [2.24, 2.45) is 0 Å². The van der Waals surface area contributed by atoms with Gasteiger partial charge in [-0.15, -0.1) is 0 Å². The van der Waals surface area contributed by atoms with E-state index in [1.807, 2.05) is 11.8 Å². The third-order valence-corrected chi connectivity index (χ3v) is 8.03. The lowest BCUT2D eigenvalue weighted by Gasteiger charge is -2.28. The SMILES string of the molecule is CN1CCc2c(cc(Nc3ncc(Cl)c(N4CC(C)(CC(=O)O)c5cc(F)ccc54)n3)cc2C2CC2)C1. The second kappa shape index (κ2) is 8.96. The Morgan fingerprint density at radius 3 is 2.86 bits per heavy atom. The first-order valence-electron chi connectivity index (χ1n) is 12.6. The van der Waals surface area contributed by atoms with Crippen LogP contribution >= 0.6 is 11.6 Å². The lowest BCUT2D eigenvalue weighted by atomic mass is 9.81. The Morgan fingerprint density at radius 2 is 2.11 bits per heavy atom. The number of nitrogens with zero attached hydrogens (tertiary/aromatic N) is 4. The zero-order valence-electron chi connectivity index (χ0n) is 20.9. The van der Waals surface area contributed by atoms with Crippen LogP contribution in [0.25, 0.3) is 0 Å². The second-order valence-corrected chi connectivity index (χ2v) is 11.2. The first-order valence-corrected chi connectivity index (χ1v) is 13.0. The predicted molar refractivity (Wildman–Crippen MR) is 142 cm³/mol. The largest absolute Gasteiger partial charge is 0.481 e. The molecule has 3 aromatic rings. The molecule has 3 aliphatic rings. The highest BCUT2D eigenvalue weighted by atomic mass is 35.5. The predicted octanol–water partition coefficient (Wildman–Crippen LogP) is 5.76. The molecule has 3 heterocycles. The highest BCUT2D eigenvalue weighted by molar-refractivity contribution is 6.33. The molecule has 1 atom stereocenters. The molecule has 0 bridgehead atoms. The van der Waals surface area contributed by atoms with Crippen molar-refractivity contribution < 1.29 is 14.3 Å². The van der Waals surface area contributed by atoms with Crippen LogP contribution in [0.5, 0.6) is 0 Å². The third kappa shape index (κ3) is 4.53. The van der Waals surface area contributed by atoms with Gasteiger partial charge in [0, 0.05) is 36.4 Å². The number of fused-ring (bicyclic) bond motifs is 2. The molecule has 2 aromatic carbocycles. The van der Waals surface area contributed by atoms with E-state index in [0.717, 1.165) is 25.2 Å². The number of hydrogen-bond donors (Lipinski definition) is 2. The molecule has 192 valence electrons. The van der Waals surface area contributed by atoms with Gasteiger partial charge in [-0.2, -0.15) is 4.98 Å². The highest BCUT2D eigenvalue weighted by Crippen LogP contribution is 2.48. The van der Waals surface area contributed by atoms with E-state index in [1.54, 1.807) is 12.3 Å². The van der Waals surface area contributed by atoms with E-state index < -0.39 is 17.2 Å². The van der Waals surface area contributed by atoms with Crippen LogP contribution in [-0.2, 0) is 23.2 Å². The van der Waals surface area contributed by atoms with Crippen LogP contribution in [0, 0.1) is 5.82 Å². The molecule has 0 spiro atoms. The molecule has 0 amide bonds. The average Bonchev–Trinajstić information content (AvgIpc) is 3.64. The summed E-state index contributed by atoms with van der Waals surface area (Å²) in [6, 6.07) is 8.86. The summed E-state index contributed by atoms with van der Waals surface area (Å²) in [7, 11) is 2.15. The molecule has 37 heavy (non-hydrogen) atoms. The first-order chi connectivity index (χ1) is 17.7. The summed E-state index contributed by atoms with van der Waals surface area (Å²) < 4.78 is 14.2. The number of likely N-dealkylation sites (N-methyl/N-ethyl adjacent to an activating group) is 1. The second-order valence-electron chi connectivity index (χ2n) is 10.8. The summed E-state index contributed by atoms with van der Waals surface area (Å²) in [6.07, 6.45) is 4.95. The van der Waals surface area contributed by atoms with Gasteiger partial charge in [0.15, 0.2) is 5.82 Å². The number of carbonyl (C=O) groups is 1. The topological polar surface area (TPSA) is 81.6 Å². The van der Waals surface area contributed by atoms with Crippen molar-refractivity contribution in [3.63, 3.8) is 0 Å². The van der Waals surface area contributed by atoms with Crippen molar-refractivity contribution >= 4 is 40.7 Å². The van der Waals surface area contributed by atoms with Gasteiger partial charge < -0.3 is 20.2 Å². The maximum Gasteiger partial charge on any atom is 0.304 e. The monoisotopic (exact) mass is 521 g/mol. The molecule has 1 fully saturated rings. The van der Waals surface area contributed by atoms with Crippen molar-refractivity contribution in [1.29, 1.82) is 0 Å². The fourth-order valence-electron chi connectivity index (χ4n) is 5.86. The molecule has 6 rings (SSSR count). The first kappa shape index (κ1) is 24.1.